The highest BCUT2D eigenvalue weighted by atomic mass is 35.5. The first-order valence-corrected chi connectivity index (χ1v) is 7.98. The molecule has 0 unspecified atom stereocenters. The van der Waals surface area contributed by atoms with Crippen LogP contribution in [0.15, 0.2) is 22.7 Å². The predicted octanol–water partition coefficient (Wildman–Crippen LogP) is 2.91. The smallest absolute Gasteiger partial charge is 0.256 e. The number of rotatable bonds is 6. The highest BCUT2D eigenvalue weighted by Gasteiger charge is 2.19. The van der Waals surface area contributed by atoms with E-state index in [2.05, 4.69) is 15.5 Å². The van der Waals surface area contributed by atoms with Crippen LogP contribution in [0.4, 0.5) is 5.69 Å². The summed E-state index contributed by atoms with van der Waals surface area (Å²) in [5.41, 5.74) is 0.733. The van der Waals surface area contributed by atoms with Crippen LogP contribution >= 0.6 is 11.6 Å². The first-order chi connectivity index (χ1) is 11.4. The molecular weight excluding hydrogens is 332 g/mol. The van der Waals surface area contributed by atoms with E-state index >= 15 is 0 Å². The van der Waals surface area contributed by atoms with Gasteiger partial charge in [-0.1, -0.05) is 30.6 Å². The van der Waals surface area contributed by atoms with Gasteiger partial charge in [0.1, 0.15) is 0 Å². The van der Waals surface area contributed by atoms with Gasteiger partial charge in [-0.3, -0.25) is 9.59 Å². The third kappa shape index (κ3) is 4.32. The van der Waals surface area contributed by atoms with E-state index in [1.165, 1.54) is 4.90 Å². The van der Waals surface area contributed by atoms with E-state index < -0.39 is 0 Å². The fourth-order valence-corrected chi connectivity index (χ4v) is 2.20. The van der Waals surface area contributed by atoms with Crippen molar-refractivity contribution in [2.75, 3.05) is 12.4 Å². The molecule has 24 heavy (non-hydrogen) atoms. The van der Waals surface area contributed by atoms with Gasteiger partial charge in [0.05, 0.1) is 17.8 Å². The molecule has 2 amide bonds. The molecule has 1 aromatic carbocycles. The van der Waals surface area contributed by atoms with E-state index in [1.54, 1.807) is 32.2 Å². The minimum absolute atomic E-state index is 0.195. The molecule has 0 aliphatic rings. The Bertz CT molecular complexity index is 745. The number of halogens is 1. The van der Waals surface area contributed by atoms with E-state index in [1.807, 2.05) is 6.92 Å². The Morgan fingerprint density at radius 1 is 1.33 bits per heavy atom. The van der Waals surface area contributed by atoms with Crippen molar-refractivity contribution in [2.45, 2.75) is 33.2 Å². The monoisotopic (exact) mass is 350 g/mol. The van der Waals surface area contributed by atoms with Crippen molar-refractivity contribution in [1.82, 2.24) is 15.0 Å². The van der Waals surface area contributed by atoms with Crippen LogP contribution in [0.2, 0.25) is 5.02 Å². The second-order valence-corrected chi connectivity index (χ2v) is 5.65. The normalized spacial score (nSPS) is 10.5. The van der Waals surface area contributed by atoms with Gasteiger partial charge in [0.25, 0.3) is 5.91 Å². The van der Waals surface area contributed by atoms with Crippen LogP contribution in [-0.4, -0.2) is 33.9 Å². The minimum atomic E-state index is -0.277. The number of amides is 2. The van der Waals surface area contributed by atoms with E-state index in [0.29, 0.717) is 40.8 Å². The lowest BCUT2D eigenvalue weighted by Gasteiger charge is -2.18. The number of hydrogen-bond donors (Lipinski definition) is 1. The first-order valence-electron chi connectivity index (χ1n) is 7.60. The van der Waals surface area contributed by atoms with Crippen LogP contribution in [0.25, 0.3) is 0 Å². The lowest BCUT2D eigenvalue weighted by molar-refractivity contribution is -0.115. The van der Waals surface area contributed by atoms with Gasteiger partial charge in [-0.25, -0.2) is 0 Å². The Labute approximate surface area is 145 Å². The Kier molecular flexibility index (Phi) is 5.92. The molecule has 0 fully saturated rings. The number of carbonyl (C=O) groups is 2. The highest BCUT2D eigenvalue weighted by Crippen LogP contribution is 2.23. The second kappa shape index (κ2) is 7.92. The number of nitrogens with one attached hydrogen (secondary N) is 1. The summed E-state index contributed by atoms with van der Waals surface area (Å²) in [5, 5.41) is 6.96. The van der Waals surface area contributed by atoms with Crippen LogP contribution in [0, 0.1) is 0 Å². The number of aromatic nitrogens is 2. The molecule has 0 aliphatic heterocycles. The van der Waals surface area contributed by atoms with E-state index in [4.69, 9.17) is 16.1 Å². The van der Waals surface area contributed by atoms with Crippen LogP contribution < -0.4 is 5.32 Å². The summed E-state index contributed by atoms with van der Waals surface area (Å²) in [5.74, 6) is 0.477. The summed E-state index contributed by atoms with van der Waals surface area (Å²) in [6.45, 7) is 3.84. The zero-order valence-electron chi connectivity index (χ0n) is 13.8. The Morgan fingerprint density at radius 2 is 2.08 bits per heavy atom. The molecule has 128 valence electrons. The van der Waals surface area contributed by atoms with Gasteiger partial charge in [-0.15, -0.1) is 0 Å². The topological polar surface area (TPSA) is 88.3 Å². The number of aryl methyl sites for hydroxylation is 1. The summed E-state index contributed by atoms with van der Waals surface area (Å²) in [7, 11) is 1.63. The van der Waals surface area contributed by atoms with E-state index in [0.717, 1.165) is 0 Å². The zero-order chi connectivity index (χ0) is 17.7. The quantitative estimate of drug-likeness (QED) is 0.865. The van der Waals surface area contributed by atoms with Gasteiger partial charge < -0.3 is 14.7 Å². The molecule has 0 aliphatic carbocycles. The van der Waals surface area contributed by atoms with Crippen molar-refractivity contribution < 1.29 is 14.1 Å². The number of hydrogen-bond acceptors (Lipinski definition) is 5. The lowest BCUT2D eigenvalue weighted by atomic mass is 10.1. The number of nitrogens with zero attached hydrogens (tertiary/aromatic N) is 3. The zero-order valence-corrected chi connectivity index (χ0v) is 14.6. The fourth-order valence-electron chi connectivity index (χ4n) is 2.03. The Balaban J connectivity index is 2.19. The van der Waals surface area contributed by atoms with Gasteiger partial charge >= 0.3 is 0 Å². The average Bonchev–Trinajstić information content (AvgIpc) is 3.01. The standard InChI is InChI=1S/C16H19ClN4O3/c1-4-14(22)18-12-8-10(17)6-7-11(12)16(23)21(3)9-13-19-15(5-2)24-20-13/h6-8H,4-5,9H2,1-3H3,(H,18,22). The van der Waals surface area contributed by atoms with Crippen molar-refractivity contribution in [3.8, 4) is 0 Å². The molecule has 0 saturated carbocycles. The molecule has 2 rings (SSSR count). The van der Waals surface area contributed by atoms with Crippen LogP contribution in [-0.2, 0) is 17.8 Å². The Morgan fingerprint density at radius 3 is 2.71 bits per heavy atom. The van der Waals surface area contributed by atoms with Crippen molar-refractivity contribution >= 4 is 29.1 Å². The maximum absolute atomic E-state index is 12.7. The van der Waals surface area contributed by atoms with Gasteiger partial charge in [-0.2, -0.15) is 4.98 Å². The summed E-state index contributed by atoms with van der Waals surface area (Å²) >= 11 is 5.97. The van der Waals surface area contributed by atoms with Gasteiger partial charge in [0.2, 0.25) is 11.8 Å². The van der Waals surface area contributed by atoms with Gasteiger partial charge in [-0.05, 0) is 18.2 Å². The van der Waals surface area contributed by atoms with Crippen LogP contribution in [0.3, 0.4) is 0 Å². The molecule has 0 radical (unpaired) electrons. The summed E-state index contributed by atoms with van der Waals surface area (Å²) in [6, 6.07) is 4.74. The van der Waals surface area contributed by atoms with E-state index in [-0.39, 0.29) is 18.4 Å². The van der Waals surface area contributed by atoms with Crippen molar-refractivity contribution in [2.24, 2.45) is 0 Å². The number of benzene rings is 1. The molecule has 2 aromatic rings. The van der Waals surface area contributed by atoms with Crippen LogP contribution in [0.1, 0.15) is 42.3 Å². The number of carbonyl (C=O) groups excluding carboxylic acids is 2. The maximum Gasteiger partial charge on any atom is 0.256 e. The average molecular weight is 351 g/mol. The van der Waals surface area contributed by atoms with E-state index in [9.17, 15) is 9.59 Å². The molecule has 0 atom stereocenters. The minimum Gasteiger partial charge on any atom is -0.339 e. The molecule has 1 aromatic heterocycles. The number of anilines is 1. The summed E-state index contributed by atoms with van der Waals surface area (Å²) < 4.78 is 5.03. The molecular formula is C16H19ClN4O3. The maximum atomic E-state index is 12.7. The van der Waals surface area contributed by atoms with Crippen molar-refractivity contribution in [3.05, 3.63) is 40.5 Å². The molecule has 1 N–H and O–H groups in total. The molecule has 1 heterocycles. The second-order valence-electron chi connectivity index (χ2n) is 5.21. The molecule has 0 spiro atoms. The largest absolute Gasteiger partial charge is 0.339 e. The molecule has 0 bridgehead atoms. The fraction of sp³-hybridized carbons (Fsp3) is 0.375. The molecule has 0 saturated heterocycles. The van der Waals surface area contributed by atoms with Gasteiger partial charge in [0, 0.05) is 24.9 Å². The Hall–Kier alpha value is -2.41. The summed E-state index contributed by atoms with van der Waals surface area (Å²) in [6.07, 6.45) is 0.938. The SMILES string of the molecule is CCC(=O)Nc1cc(Cl)ccc1C(=O)N(C)Cc1noc(CC)n1. The summed E-state index contributed by atoms with van der Waals surface area (Å²) in [4.78, 5) is 30.0. The first kappa shape index (κ1) is 17.9. The predicted molar refractivity (Wildman–Crippen MR) is 89.8 cm³/mol. The lowest BCUT2D eigenvalue weighted by Crippen LogP contribution is -2.28. The third-order valence-corrected chi connectivity index (χ3v) is 3.58. The van der Waals surface area contributed by atoms with Gasteiger partial charge in [0.15, 0.2) is 5.82 Å². The van der Waals surface area contributed by atoms with Crippen molar-refractivity contribution in [1.29, 1.82) is 0 Å². The molecule has 8 heteroatoms. The van der Waals surface area contributed by atoms with Crippen molar-refractivity contribution in [3.63, 3.8) is 0 Å². The highest BCUT2D eigenvalue weighted by molar-refractivity contribution is 6.31. The van der Waals surface area contributed by atoms with Crippen LogP contribution in [0.5, 0.6) is 0 Å². The third-order valence-electron chi connectivity index (χ3n) is 3.35. The molecule has 7 nitrogen and oxygen atoms in total.